The molecule has 0 saturated carbocycles. The number of anilines is 1. The van der Waals surface area contributed by atoms with Gasteiger partial charge in [-0.25, -0.2) is 0 Å². The second kappa shape index (κ2) is 13.9. The molecule has 1 aliphatic rings. The van der Waals surface area contributed by atoms with Crippen LogP contribution in [0.3, 0.4) is 0 Å². The summed E-state index contributed by atoms with van der Waals surface area (Å²) in [6.07, 6.45) is 1.55. The molecule has 1 heterocycles. The largest absolute Gasteiger partial charge is 0.494 e. The van der Waals surface area contributed by atoms with E-state index in [9.17, 15) is 14.4 Å². The molecule has 40 heavy (non-hydrogen) atoms. The monoisotopic (exact) mass is 692 g/mol. The van der Waals surface area contributed by atoms with Crippen LogP contribution in [0.15, 0.2) is 65.6 Å². The molecule has 11 heteroatoms. The van der Waals surface area contributed by atoms with Crippen LogP contribution in [0.5, 0.6) is 17.2 Å². The molecule has 3 aromatic rings. The summed E-state index contributed by atoms with van der Waals surface area (Å²) in [5.41, 5.74) is 2.06. The van der Waals surface area contributed by atoms with Gasteiger partial charge in [-0.1, -0.05) is 23.7 Å². The summed E-state index contributed by atoms with van der Waals surface area (Å²) in [7, 11) is 0. The zero-order chi connectivity index (χ0) is 28.6. The molecule has 1 fully saturated rings. The van der Waals surface area contributed by atoms with Crippen LogP contribution in [0.1, 0.15) is 25.0 Å². The summed E-state index contributed by atoms with van der Waals surface area (Å²) in [4.78, 5) is 39.2. The van der Waals surface area contributed by atoms with Gasteiger partial charge in [0.1, 0.15) is 18.9 Å². The molecule has 0 aliphatic carbocycles. The van der Waals surface area contributed by atoms with Gasteiger partial charge in [0.2, 0.25) is 5.91 Å². The smallest absolute Gasteiger partial charge is 0.294 e. The summed E-state index contributed by atoms with van der Waals surface area (Å²) in [5, 5.41) is 2.45. The zero-order valence-corrected chi connectivity index (χ0v) is 25.5. The van der Waals surface area contributed by atoms with Gasteiger partial charge < -0.3 is 19.5 Å². The highest BCUT2D eigenvalue weighted by molar-refractivity contribution is 14.1. The topological polar surface area (TPSA) is 94.2 Å². The van der Waals surface area contributed by atoms with E-state index in [-0.39, 0.29) is 4.91 Å². The lowest BCUT2D eigenvalue weighted by molar-refractivity contribution is -0.127. The maximum Gasteiger partial charge on any atom is 0.294 e. The SMILES string of the molecule is CCOc1ccc(NC(=O)CN2C(=O)S/C(=C/c3cc(Cl)c(OCc4ccc(I)cc4)c(OCC)c3)C2=O)cc1. The number of ether oxygens (including phenoxy) is 3. The highest BCUT2D eigenvalue weighted by Gasteiger charge is 2.36. The first-order valence-electron chi connectivity index (χ1n) is 12.4. The normalized spacial score (nSPS) is 14.0. The lowest BCUT2D eigenvalue weighted by atomic mass is 10.1. The standard InChI is InChI=1S/C29H26ClIN2O6S/c1-3-37-22-11-9-21(10-12-22)32-26(34)16-33-28(35)25(40-29(33)36)15-19-13-23(30)27(24(14-19)38-4-2)39-17-18-5-7-20(31)8-6-18/h5-15H,3-4,16-17H2,1-2H3,(H,32,34)/b25-15+. The third kappa shape index (κ3) is 7.70. The number of nitrogens with one attached hydrogen (secondary N) is 1. The van der Waals surface area contributed by atoms with E-state index in [0.29, 0.717) is 53.3 Å². The molecule has 0 radical (unpaired) electrons. The number of imide groups is 1. The van der Waals surface area contributed by atoms with Crippen molar-refractivity contribution in [3.05, 3.63) is 85.3 Å². The molecule has 0 aromatic heterocycles. The van der Waals surface area contributed by atoms with Crippen molar-refractivity contribution in [2.24, 2.45) is 0 Å². The minimum atomic E-state index is -0.565. The molecule has 8 nitrogen and oxygen atoms in total. The van der Waals surface area contributed by atoms with E-state index in [2.05, 4.69) is 27.9 Å². The second-order valence-corrected chi connectivity index (χ2v) is 11.1. The Labute approximate surface area is 255 Å². The summed E-state index contributed by atoms with van der Waals surface area (Å²) in [6.45, 7) is 4.51. The Kier molecular flexibility index (Phi) is 10.3. The van der Waals surface area contributed by atoms with Crippen LogP contribution >= 0.6 is 46.0 Å². The molecule has 0 spiro atoms. The molecule has 0 atom stereocenters. The molecule has 208 valence electrons. The van der Waals surface area contributed by atoms with E-state index in [1.807, 2.05) is 38.1 Å². The van der Waals surface area contributed by atoms with Gasteiger partial charge in [0.15, 0.2) is 11.5 Å². The maximum absolute atomic E-state index is 13.0. The average Bonchev–Trinajstić information content (AvgIpc) is 3.18. The Morgan fingerprint density at radius 3 is 2.38 bits per heavy atom. The molecule has 1 saturated heterocycles. The molecular formula is C29H26ClIN2O6S. The number of rotatable bonds is 11. The average molecular weight is 693 g/mol. The van der Waals surface area contributed by atoms with Crippen molar-refractivity contribution in [2.45, 2.75) is 20.5 Å². The van der Waals surface area contributed by atoms with Gasteiger partial charge in [-0.3, -0.25) is 19.3 Å². The number of hydrogen-bond donors (Lipinski definition) is 1. The fraction of sp³-hybridized carbons (Fsp3) is 0.207. The predicted molar refractivity (Wildman–Crippen MR) is 165 cm³/mol. The van der Waals surface area contributed by atoms with Gasteiger partial charge >= 0.3 is 0 Å². The zero-order valence-electron chi connectivity index (χ0n) is 21.7. The number of benzene rings is 3. The van der Waals surface area contributed by atoms with Crippen molar-refractivity contribution >= 4 is 74.8 Å². The third-order valence-corrected chi connectivity index (χ3v) is 7.46. The number of halogens is 2. The molecule has 1 aliphatic heterocycles. The molecule has 3 amide bonds. The van der Waals surface area contributed by atoms with E-state index >= 15 is 0 Å². The van der Waals surface area contributed by atoms with Crippen LogP contribution in [0.25, 0.3) is 6.08 Å². The summed E-state index contributed by atoms with van der Waals surface area (Å²) < 4.78 is 18.2. The Balaban J connectivity index is 1.45. The van der Waals surface area contributed by atoms with Gasteiger partial charge in [0, 0.05) is 9.26 Å². The van der Waals surface area contributed by atoms with Crippen molar-refractivity contribution in [3.63, 3.8) is 0 Å². The lowest BCUT2D eigenvalue weighted by Gasteiger charge is -2.15. The van der Waals surface area contributed by atoms with Crippen molar-refractivity contribution < 1.29 is 28.6 Å². The Morgan fingerprint density at radius 1 is 1.00 bits per heavy atom. The van der Waals surface area contributed by atoms with E-state index in [1.165, 1.54) is 0 Å². The van der Waals surface area contributed by atoms with Gasteiger partial charge in [-0.2, -0.15) is 0 Å². The Hall–Kier alpha value is -3.22. The highest BCUT2D eigenvalue weighted by atomic mass is 127. The fourth-order valence-corrected chi connectivity index (χ4v) is 5.21. The van der Waals surface area contributed by atoms with Crippen LogP contribution < -0.4 is 19.5 Å². The number of amides is 3. The van der Waals surface area contributed by atoms with Crippen molar-refractivity contribution in [3.8, 4) is 17.2 Å². The first-order valence-corrected chi connectivity index (χ1v) is 14.7. The maximum atomic E-state index is 13.0. The fourth-order valence-electron chi connectivity index (χ4n) is 3.74. The molecule has 0 bridgehead atoms. The Bertz CT molecular complexity index is 1430. The summed E-state index contributed by atoms with van der Waals surface area (Å²) in [6, 6.07) is 18.1. The number of hydrogen-bond acceptors (Lipinski definition) is 7. The number of nitrogens with zero attached hydrogens (tertiary/aromatic N) is 1. The van der Waals surface area contributed by atoms with Crippen LogP contribution in [0.4, 0.5) is 10.5 Å². The van der Waals surface area contributed by atoms with E-state index in [4.69, 9.17) is 25.8 Å². The molecule has 1 N–H and O–H groups in total. The van der Waals surface area contributed by atoms with Crippen molar-refractivity contribution in [1.29, 1.82) is 0 Å². The van der Waals surface area contributed by atoms with E-state index in [0.717, 1.165) is 25.8 Å². The first kappa shape index (κ1) is 29.8. The lowest BCUT2D eigenvalue weighted by Crippen LogP contribution is -2.36. The Morgan fingerprint density at radius 2 is 1.70 bits per heavy atom. The van der Waals surface area contributed by atoms with Gasteiger partial charge in [-0.05, 0) is 114 Å². The predicted octanol–water partition coefficient (Wildman–Crippen LogP) is 7.00. The number of carbonyl (C=O) groups excluding carboxylic acids is 3. The van der Waals surface area contributed by atoms with Gasteiger partial charge in [0.05, 0.1) is 23.1 Å². The van der Waals surface area contributed by atoms with Crippen molar-refractivity contribution in [2.75, 3.05) is 25.1 Å². The van der Waals surface area contributed by atoms with Crippen LogP contribution in [0.2, 0.25) is 5.02 Å². The van der Waals surface area contributed by atoms with Gasteiger partial charge in [-0.15, -0.1) is 0 Å². The van der Waals surface area contributed by atoms with Gasteiger partial charge in [0.25, 0.3) is 11.1 Å². The second-order valence-electron chi connectivity index (χ2n) is 8.45. The highest BCUT2D eigenvalue weighted by Crippen LogP contribution is 2.39. The van der Waals surface area contributed by atoms with Crippen LogP contribution in [-0.2, 0) is 16.2 Å². The molecular weight excluding hydrogens is 667 g/mol. The third-order valence-electron chi connectivity index (χ3n) is 5.55. The molecule has 3 aromatic carbocycles. The molecule has 0 unspecified atom stereocenters. The first-order chi connectivity index (χ1) is 19.3. The summed E-state index contributed by atoms with van der Waals surface area (Å²) >= 11 is 9.54. The van der Waals surface area contributed by atoms with Crippen LogP contribution in [-0.4, -0.2) is 41.7 Å². The minimum absolute atomic E-state index is 0.171. The number of thioether (sulfide) groups is 1. The molecule has 4 rings (SSSR count). The van der Waals surface area contributed by atoms with E-state index < -0.39 is 23.6 Å². The van der Waals surface area contributed by atoms with Crippen molar-refractivity contribution in [1.82, 2.24) is 4.90 Å². The quantitative estimate of drug-likeness (QED) is 0.171. The summed E-state index contributed by atoms with van der Waals surface area (Å²) in [5.74, 6) is 0.419. The van der Waals surface area contributed by atoms with Crippen LogP contribution in [0, 0.1) is 3.57 Å². The minimum Gasteiger partial charge on any atom is -0.494 e. The van der Waals surface area contributed by atoms with E-state index in [1.54, 1.807) is 42.5 Å². The number of carbonyl (C=O) groups is 3.